The maximum absolute atomic E-state index is 11.7. The molecule has 0 atom stereocenters. The van der Waals surface area contributed by atoms with E-state index in [1.165, 1.54) is 0 Å². The van der Waals surface area contributed by atoms with Gasteiger partial charge in [-0.2, -0.15) is 0 Å². The SMILES string of the molecule is O=C(NCCCCCCCNC(=O)Nc1ccccc1)Nc1ccccc1. The molecule has 0 spiro atoms. The van der Waals surface area contributed by atoms with E-state index in [9.17, 15) is 9.59 Å². The van der Waals surface area contributed by atoms with Crippen LogP contribution in [0.2, 0.25) is 0 Å². The van der Waals surface area contributed by atoms with Gasteiger partial charge in [-0.1, -0.05) is 55.7 Å². The van der Waals surface area contributed by atoms with Crippen molar-refractivity contribution in [1.29, 1.82) is 0 Å². The highest BCUT2D eigenvalue weighted by molar-refractivity contribution is 5.89. The third-order valence-corrected chi connectivity index (χ3v) is 3.99. The van der Waals surface area contributed by atoms with Gasteiger partial charge in [0.05, 0.1) is 0 Å². The predicted octanol–water partition coefficient (Wildman–Crippen LogP) is 4.58. The number of anilines is 2. The van der Waals surface area contributed by atoms with Gasteiger partial charge in [0.15, 0.2) is 0 Å². The van der Waals surface area contributed by atoms with Crippen molar-refractivity contribution in [2.45, 2.75) is 32.1 Å². The standard InChI is InChI=1S/C21H28N4O2/c26-20(24-18-12-6-4-7-13-18)22-16-10-2-1-3-11-17-23-21(27)25-19-14-8-5-9-15-19/h4-9,12-15H,1-3,10-11,16-17H2,(H2,22,24,26)(H2,23,25,27). The molecule has 0 aliphatic rings. The number of unbranched alkanes of at least 4 members (excludes halogenated alkanes) is 4. The van der Waals surface area contributed by atoms with E-state index in [1.807, 2.05) is 60.7 Å². The minimum atomic E-state index is -0.171. The summed E-state index contributed by atoms with van der Waals surface area (Å²) in [7, 11) is 0. The number of amides is 4. The second kappa shape index (κ2) is 12.4. The van der Waals surface area contributed by atoms with E-state index in [0.717, 1.165) is 43.5 Å². The normalized spacial score (nSPS) is 10.1. The molecule has 2 aromatic rings. The fraction of sp³-hybridized carbons (Fsp3) is 0.333. The van der Waals surface area contributed by atoms with E-state index >= 15 is 0 Å². The van der Waals surface area contributed by atoms with Crippen molar-refractivity contribution in [3.8, 4) is 0 Å². The number of nitrogens with one attached hydrogen (secondary N) is 4. The number of para-hydroxylation sites is 2. The maximum Gasteiger partial charge on any atom is 0.319 e. The Morgan fingerprint density at radius 2 is 0.926 bits per heavy atom. The summed E-state index contributed by atoms with van der Waals surface area (Å²) in [5.41, 5.74) is 1.58. The summed E-state index contributed by atoms with van der Waals surface area (Å²) in [5, 5.41) is 11.3. The van der Waals surface area contributed by atoms with Gasteiger partial charge in [-0.3, -0.25) is 0 Å². The third-order valence-electron chi connectivity index (χ3n) is 3.99. The molecule has 4 amide bonds. The summed E-state index contributed by atoms with van der Waals surface area (Å²) < 4.78 is 0. The lowest BCUT2D eigenvalue weighted by molar-refractivity contribution is 0.251. The summed E-state index contributed by atoms with van der Waals surface area (Å²) >= 11 is 0. The number of hydrogen-bond donors (Lipinski definition) is 4. The number of carbonyl (C=O) groups is 2. The molecule has 0 radical (unpaired) electrons. The van der Waals surface area contributed by atoms with Gasteiger partial charge in [0.2, 0.25) is 0 Å². The summed E-state index contributed by atoms with van der Waals surface area (Å²) in [5.74, 6) is 0. The molecular weight excluding hydrogens is 340 g/mol. The smallest absolute Gasteiger partial charge is 0.319 e. The Morgan fingerprint density at radius 3 is 1.33 bits per heavy atom. The Kier molecular flexibility index (Phi) is 9.28. The molecule has 0 saturated heterocycles. The van der Waals surface area contributed by atoms with Gasteiger partial charge in [-0.15, -0.1) is 0 Å². The molecule has 4 N–H and O–H groups in total. The first-order valence-corrected chi connectivity index (χ1v) is 9.44. The Bertz CT molecular complexity index is 618. The number of carbonyl (C=O) groups excluding carboxylic acids is 2. The molecule has 0 saturated carbocycles. The largest absolute Gasteiger partial charge is 0.338 e. The van der Waals surface area contributed by atoms with E-state index in [-0.39, 0.29) is 12.1 Å². The zero-order chi connectivity index (χ0) is 19.2. The Morgan fingerprint density at radius 1 is 0.556 bits per heavy atom. The lowest BCUT2D eigenvalue weighted by Crippen LogP contribution is -2.29. The molecule has 144 valence electrons. The first-order valence-electron chi connectivity index (χ1n) is 9.44. The van der Waals surface area contributed by atoms with Crippen molar-refractivity contribution in [1.82, 2.24) is 10.6 Å². The van der Waals surface area contributed by atoms with E-state index in [2.05, 4.69) is 21.3 Å². The van der Waals surface area contributed by atoms with Gasteiger partial charge < -0.3 is 21.3 Å². The minimum absolute atomic E-state index is 0.171. The molecule has 0 bridgehead atoms. The van der Waals surface area contributed by atoms with Crippen LogP contribution in [-0.2, 0) is 0 Å². The summed E-state index contributed by atoms with van der Waals surface area (Å²) in [4.78, 5) is 23.4. The van der Waals surface area contributed by atoms with Crippen LogP contribution < -0.4 is 21.3 Å². The Balaban J connectivity index is 1.40. The molecular formula is C21H28N4O2. The number of urea groups is 2. The molecule has 0 unspecified atom stereocenters. The van der Waals surface area contributed by atoms with Gasteiger partial charge in [-0.05, 0) is 37.1 Å². The summed E-state index contributed by atoms with van der Waals surface area (Å²) in [6.07, 6.45) is 5.10. The van der Waals surface area contributed by atoms with Crippen molar-refractivity contribution in [2.24, 2.45) is 0 Å². The van der Waals surface area contributed by atoms with Crippen LogP contribution in [0.1, 0.15) is 32.1 Å². The number of rotatable bonds is 10. The zero-order valence-corrected chi connectivity index (χ0v) is 15.5. The monoisotopic (exact) mass is 368 g/mol. The summed E-state index contributed by atoms with van der Waals surface area (Å²) in [6, 6.07) is 18.4. The second-order valence-electron chi connectivity index (χ2n) is 6.26. The third kappa shape index (κ3) is 9.30. The van der Waals surface area contributed by atoms with E-state index in [4.69, 9.17) is 0 Å². The molecule has 0 fully saturated rings. The molecule has 6 nitrogen and oxygen atoms in total. The minimum Gasteiger partial charge on any atom is -0.338 e. The molecule has 2 aromatic carbocycles. The van der Waals surface area contributed by atoms with Crippen LogP contribution >= 0.6 is 0 Å². The second-order valence-corrected chi connectivity index (χ2v) is 6.26. The van der Waals surface area contributed by atoms with Crippen LogP contribution in [0.3, 0.4) is 0 Å². The fourth-order valence-corrected chi connectivity index (χ4v) is 2.58. The van der Waals surface area contributed by atoms with Gasteiger partial charge in [0.25, 0.3) is 0 Å². The molecule has 2 rings (SSSR count). The maximum atomic E-state index is 11.7. The van der Waals surface area contributed by atoms with Crippen LogP contribution in [0.15, 0.2) is 60.7 Å². The molecule has 0 aliphatic heterocycles. The average Bonchev–Trinajstić information content (AvgIpc) is 2.68. The summed E-state index contributed by atoms with van der Waals surface area (Å²) in [6.45, 7) is 1.33. The highest BCUT2D eigenvalue weighted by atomic mass is 16.2. The van der Waals surface area contributed by atoms with Crippen molar-refractivity contribution in [3.63, 3.8) is 0 Å². The Hall–Kier alpha value is -3.02. The number of hydrogen-bond acceptors (Lipinski definition) is 2. The molecule has 0 aliphatic carbocycles. The van der Waals surface area contributed by atoms with Gasteiger partial charge in [0, 0.05) is 24.5 Å². The molecule has 6 heteroatoms. The highest BCUT2D eigenvalue weighted by Crippen LogP contribution is 2.06. The van der Waals surface area contributed by atoms with Gasteiger partial charge in [-0.25, -0.2) is 9.59 Å². The van der Waals surface area contributed by atoms with E-state index < -0.39 is 0 Å². The molecule has 27 heavy (non-hydrogen) atoms. The van der Waals surface area contributed by atoms with Crippen LogP contribution in [0.5, 0.6) is 0 Å². The van der Waals surface area contributed by atoms with Gasteiger partial charge >= 0.3 is 12.1 Å². The lowest BCUT2D eigenvalue weighted by Gasteiger charge is -2.08. The van der Waals surface area contributed by atoms with Crippen molar-refractivity contribution in [2.75, 3.05) is 23.7 Å². The van der Waals surface area contributed by atoms with Crippen LogP contribution in [0, 0.1) is 0 Å². The average molecular weight is 368 g/mol. The predicted molar refractivity (Wildman–Crippen MR) is 110 cm³/mol. The zero-order valence-electron chi connectivity index (χ0n) is 15.5. The first kappa shape index (κ1) is 20.3. The van der Waals surface area contributed by atoms with Crippen LogP contribution in [-0.4, -0.2) is 25.2 Å². The first-order chi connectivity index (χ1) is 13.2. The fourth-order valence-electron chi connectivity index (χ4n) is 2.58. The van der Waals surface area contributed by atoms with Crippen molar-refractivity contribution >= 4 is 23.4 Å². The highest BCUT2D eigenvalue weighted by Gasteiger charge is 2.01. The van der Waals surface area contributed by atoms with Crippen molar-refractivity contribution < 1.29 is 9.59 Å². The lowest BCUT2D eigenvalue weighted by atomic mass is 10.1. The van der Waals surface area contributed by atoms with Crippen LogP contribution in [0.4, 0.5) is 21.0 Å². The number of benzene rings is 2. The quantitative estimate of drug-likeness (QED) is 0.463. The molecule has 0 aromatic heterocycles. The Labute approximate surface area is 160 Å². The topological polar surface area (TPSA) is 82.3 Å². The molecule has 0 heterocycles. The van der Waals surface area contributed by atoms with E-state index in [1.54, 1.807) is 0 Å². The van der Waals surface area contributed by atoms with Crippen molar-refractivity contribution in [3.05, 3.63) is 60.7 Å². The van der Waals surface area contributed by atoms with Gasteiger partial charge in [0.1, 0.15) is 0 Å². The van der Waals surface area contributed by atoms with Crippen LogP contribution in [0.25, 0.3) is 0 Å². The van der Waals surface area contributed by atoms with E-state index in [0.29, 0.717) is 13.1 Å².